The lowest BCUT2D eigenvalue weighted by atomic mass is 10.1. The van der Waals surface area contributed by atoms with Gasteiger partial charge in [-0.05, 0) is 29.8 Å². The summed E-state index contributed by atoms with van der Waals surface area (Å²) in [6.45, 7) is 0. The van der Waals surface area contributed by atoms with Gasteiger partial charge in [0.05, 0.1) is 15.6 Å². The summed E-state index contributed by atoms with van der Waals surface area (Å²) in [6.07, 6.45) is 5.26. The number of hydrogen-bond acceptors (Lipinski definition) is 6. The number of aromatic amines is 1. The lowest BCUT2D eigenvalue weighted by Crippen LogP contribution is -2.18. The molecule has 3 aromatic heterocycles. The van der Waals surface area contributed by atoms with E-state index in [9.17, 15) is 0 Å². The van der Waals surface area contributed by atoms with Crippen molar-refractivity contribution >= 4 is 45.7 Å². The molecule has 0 aliphatic rings. The maximum absolute atomic E-state index is 6.14. The van der Waals surface area contributed by atoms with E-state index in [1.807, 2.05) is 12.1 Å². The van der Waals surface area contributed by atoms with Gasteiger partial charge >= 0.3 is 0 Å². The Kier molecular flexibility index (Phi) is 4.84. The molecule has 0 aliphatic heterocycles. The Balaban J connectivity index is 1.69. The van der Waals surface area contributed by atoms with Crippen molar-refractivity contribution in [2.45, 2.75) is 6.23 Å². The fourth-order valence-electron chi connectivity index (χ4n) is 2.62. The number of nitrogens with two attached hydrogens (primary N) is 1. The topological polar surface area (TPSA) is 103 Å². The average Bonchev–Trinajstić information content (AvgIpc) is 3.05. The molecule has 4 rings (SSSR count). The number of aromatic nitrogens is 5. The molecule has 10 heteroatoms. The monoisotopic (exact) mass is 420 g/mol. The molecule has 0 fully saturated rings. The molecule has 136 valence electrons. The van der Waals surface area contributed by atoms with Crippen LogP contribution in [0.15, 0.2) is 43.0 Å². The van der Waals surface area contributed by atoms with Crippen molar-refractivity contribution in [1.82, 2.24) is 25.1 Å². The van der Waals surface area contributed by atoms with Crippen LogP contribution < -0.4 is 10.5 Å². The summed E-state index contributed by atoms with van der Waals surface area (Å²) in [7, 11) is 0. The van der Waals surface area contributed by atoms with Gasteiger partial charge in [0.1, 0.15) is 11.4 Å². The molecule has 0 saturated carbocycles. The second-order valence-corrected chi connectivity index (χ2v) is 6.73. The first kappa shape index (κ1) is 17.9. The number of H-pyrrole nitrogens is 1. The summed E-state index contributed by atoms with van der Waals surface area (Å²) in [5, 5.41) is 8.92. The van der Waals surface area contributed by atoms with E-state index in [4.69, 9.17) is 45.3 Å². The fraction of sp³-hybridized carbons (Fsp3) is 0.0588. The Morgan fingerprint density at radius 2 is 1.70 bits per heavy atom. The van der Waals surface area contributed by atoms with Crippen molar-refractivity contribution in [3.8, 4) is 17.0 Å². The molecule has 1 atom stereocenters. The zero-order chi connectivity index (χ0) is 19.0. The predicted molar refractivity (Wildman–Crippen MR) is 104 cm³/mol. The maximum Gasteiger partial charge on any atom is 0.222 e. The fourth-order valence-corrected chi connectivity index (χ4v) is 3.30. The van der Waals surface area contributed by atoms with Crippen molar-refractivity contribution in [2.75, 3.05) is 0 Å². The number of nitrogens with zero attached hydrogens (tertiary/aromatic N) is 4. The first-order valence-corrected chi connectivity index (χ1v) is 8.83. The highest BCUT2D eigenvalue weighted by atomic mass is 35.5. The van der Waals surface area contributed by atoms with Crippen molar-refractivity contribution in [2.24, 2.45) is 5.73 Å². The summed E-state index contributed by atoms with van der Waals surface area (Å²) < 4.78 is 5.84. The molecule has 7 nitrogen and oxygen atoms in total. The van der Waals surface area contributed by atoms with Gasteiger partial charge in [0.15, 0.2) is 6.23 Å². The molecule has 0 saturated heterocycles. The standard InChI is InChI=1S/C17H11Cl3N6O/c18-11-6-22-7-12(19)14(11)16(21)27-9-1-2-13-10(3-9)15(26-25-13)8-4-23-17(20)24-5-8/h1-7,16H,21H2,(H,25,26)/t16-/m0/s1. The van der Waals surface area contributed by atoms with Gasteiger partial charge in [-0.2, -0.15) is 5.10 Å². The third kappa shape index (κ3) is 3.54. The van der Waals surface area contributed by atoms with Crippen LogP contribution in [0.4, 0.5) is 0 Å². The molecule has 0 amide bonds. The van der Waals surface area contributed by atoms with Crippen LogP contribution in [0.3, 0.4) is 0 Å². The molecule has 0 bridgehead atoms. The Morgan fingerprint density at radius 3 is 2.41 bits per heavy atom. The molecule has 0 aliphatic carbocycles. The molecule has 4 aromatic rings. The van der Waals surface area contributed by atoms with Crippen molar-refractivity contribution in [1.29, 1.82) is 0 Å². The van der Waals surface area contributed by atoms with Gasteiger partial charge < -0.3 is 4.74 Å². The van der Waals surface area contributed by atoms with Crippen LogP contribution in [0.25, 0.3) is 22.2 Å². The molecule has 3 heterocycles. The van der Waals surface area contributed by atoms with Crippen molar-refractivity contribution in [3.05, 3.63) is 63.9 Å². The predicted octanol–water partition coefficient (Wildman–Crippen LogP) is 4.41. The minimum Gasteiger partial charge on any atom is -0.471 e. The van der Waals surface area contributed by atoms with Gasteiger partial charge in [0.25, 0.3) is 0 Å². The van der Waals surface area contributed by atoms with Gasteiger partial charge in [0.2, 0.25) is 5.28 Å². The van der Waals surface area contributed by atoms with Crippen LogP contribution in [0.5, 0.6) is 5.75 Å². The third-order valence-electron chi connectivity index (χ3n) is 3.87. The summed E-state index contributed by atoms with van der Waals surface area (Å²) in [6, 6.07) is 5.41. The minimum atomic E-state index is -0.861. The van der Waals surface area contributed by atoms with Gasteiger partial charge in [-0.25, -0.2) is 9.97 Å². The lowest BCUT2D eigenvalue weighted by Gasteiger charge is -2.17. The number of pyridine rings is 1. The molecule has 0 spiro atoms. The van der Waals surface area contributed by atoms with Crippen LogP contribution >= 0.6 is 34.8 Å². The van der Waals surface area contributed by atoms with E-state index in [2.05, 4.69) is 25.1 Å². The highest BCUT2D eigenvalue weighted by molar-refractivity contribution is 6.35. The van der Waals surface area contributed by atoms with E-state index in [0.29, 0.717) is 32.6 Å². The molecular formula is C17H11Cl3N6O. The average molecular weight is 422 g/mol. The number of benzene rings is 1. The molecule has 0 unspecified atom stereocenters. The van der Waals surface area contributed by atoms with E-state index in [1.54, 1.807) is 18.5 Å². The first-order valence-electron chi connectivity index (χ1n) is 7.70. The quantitative estimate of drug-likeness (QED) is 0.374. The Hall–Kier alpha value is -2.45. The zero-order valence-corrected chi connectivity index (χ0v) is 15.8. The second-order valence-electron chi connectivity index (χ2n) is 5.58. The number of hydrogen-bond donors (Lipinski definition) is 2. The Morgan fingerprint density at radius 1 is 1.00 bits per heavy atom. The lowest BCUT2D eigenvalue weighted by molar-refractivity contribution is 0.214. The first-order chi connectivity index (χ1) is 13.0. The number of nitrogens with one attached hydrogen (secondary N) is 1. The summed E-state index contributed by atoms with van der Waals surface area (Å²) in [5.41, 5.74) is 8.80. The van der Waals surface area contributed by atoms with Gasteiger partial charge in [0, 0.05) is 41.3 Å². The van der Waals surface area contributed by atoms with E-state index in [1.165, 1.54) is 12.4 Å². The zero-order valence-electron chi connectivity index (χ0n) is 13.5. The number of ether oxygens (including phenoxy) is 1. The normalized spacial score (nSPS) is 12.3. The third-order valence-corrected chi connectivity index (χ3v) is 4.66. The molecule has 27 heavy (non-hydrogen) atoms. The minimum absolute atomic E-state index is 0.166. The summed E-state index contributed by atoms with van der Waals surface area (Å²) >= 11 is 18.0. The van der Waals surface area contributed by atoms with Crippen molar-refractivity contribution < 1.29 is 4.74 Å². The van der Waals surface area contributed by atoms with Crippen molar-refractivity contribution in [3.63, 3.8) is 0 Å². The van der Waals surface area contributed by atoms with Crippen LogP contribution in [0.1, 0.15) is 11.8 Å². The number of rotatable bonds is 4. The maximum atomic E-state index is 6.14. The largest absolute Gasteiger partial charge is 0.471 e. The molecule has 1 aromatic carbocycles. The van der Waals surface area contributed by atoms with Crippen LogP contribution in [0, 0.1) is 0 Å². The second kappa shape index (κ2) is 7.28. The SMILES string of the molecule is N[C@@H](Oc1ccc2[nH]nc(-c3cnc(Cl)nc3)c2c1)c1c(Cl)cncc1Cl. The smallest absolute Gasteiger partial charge is 0.222 e. The Labute approximate surface area is 168 Å². The molecule has 3 N–H and O–H groups in total. The van der Waals surface area contributed by atoms with Gasteiger partial charge in [-0.1, -0.05) is 23.2 Å². The van der Waals surface area contributed by atoms with E-state index < -0.39 is 6.23 Å². The van der Waals surface area contributed by atoms with E-state index in [-0.39, 0.29) is 5.28 Å². The highest BCUT2D eigenvalue weighted by Crippen LogP contribution is 2.33. The van der Waals surface area contributed by atoms with Crippen LogP contribution in [-0.2, 0) is 0 Å². The molecular weight excluding hydrogens is 411 g/mol. The van der Waals surface area contributed by atoms with E-state index >= 15 is 0 Å². The summed E-state index contributed by atoms with van der Waals surface area (Å²) in [4.78, 5) is 11.9. The molecule has 0 radical (unpaired) electrons. The van der Waals surface area contributed by atoms with E-state index in [0.717, 1.165) is 10.9 Å². The number of fused-ring (bicyclic) bond motifs is 1. The Bertz CT molecular complexity index is 1100. The van der Waals surface area contributed by atoms with Gasteiger partial charge in [-0.3, -0.25) is 15.8 Å². The van der Waals surface area contributed by atoms with Gasteiger partial charge in [-0.15, -0.1) is 0 Å². The highest BCUT2D eigenvalue weighted by Gasteiger charge is 2.17. The summed E-state index contributed by atoms with van der Waals surface area (Å²) in [5.74, 6) is 0.525. The van der Waals surface area contributed by atoms with Crippen LogP contribution in [0.2, 0.25) is 15.3 Å². The number of halogens is 3. The van der Waals surface area contributed by atoms with Crippen LogP contribution in [-0.4, -0.2) is 25.1 Å².